The molecular formula is C23H30FN5O4. The Morgan fingerprint density at radius 2 is 2.18 bits per heavy atom. The average Bonchev–Trinajstić information content (AvgIpc) is 3.37. The van der Waals surface area contributed by atoms with Gasteiger partial charge in [0.1, 0.15) is 18.9 Å². The lowest BCUT2D eigenvalue weighted by Crippen LogP contribution is -2.44. The van der Waals surface area contributed by atoms with Crippen LogP contribution in [0, 0.1) is 30.3 Å². The molecule has 178 valence electrons. The number of aromatic nitrogens is 4. The number of anilines is 1. The second-order valence-electron chi connectivity index (χ2n) is 9.03. The van der Waals surface area contributed by atoms with Crippen molar-refractivity contribution in [2.24, 2.45) is 11.8 Å². The molecule has 0 bridgehead atoms. The molecule has 3 atom stereocenters. The maximum atomic E-state index is 13.7. The van der Waals surface area contributed by atoms with Gasteiger partial charge in [0.25, 0.3) is 0 Å². The van der Waals surface area contributed by atoms with Crippen molar-refractivity contribution in [3.63, 3.8) is 0 Å². The second-order valence-corrected chi connectivity index (χ2v) is 9.03. The summed E-state index contributed by atoms with van der Waals surface area (Å²) in [5, 5.41) is 10.7. The third-order valence-electron chi connectivity index (χ3n) is 6.86. The molecule has 0 radical (unpaired) electrons. The van der Waals surface area contributed by atoms with Crippen molar-refractivity contribution in [2.75, 3.05) is 12.3 Å². The number of hydrogen-bond donors (Lipinski definition) is 2. The molecule has 0 unspecified atom stereocenters. The highest BCUT2D eigenvalue weighted by Crippen LogP contribution is 2.39. The van der Waals surface area contributed by atoms with E-state index in [1.54, 1.807) is 0 Å². The van der Waals surface area contributed by atoms with Crippen LogP contribution < -0.4 is 5.73 Å². The molecule has 9 nitrogen and oxygen atoms in total. The van der Waals surface area contributed by atoms with E-state index in [1.807, 2.05) is 0 Å². The highest BCUT2D eigenvalue weighted by Gasteiger charge is 2.49. The molecule has 1 saturated heterocycles. The molecule has 10 heteroatoms. The fourth-order valence-corrected chi connectivity index (χ4v) is 4.82. The smallest absolute Gasteiger partial charge is 0.312 e. The maximum absolute atomic E-state index is 13.7. The normalized spacial score (nSPS) is 29.8. The molecular weight excluding hydrogens is 429 g/mol. The fourth-order valence-electron chi connectivity index (χ4n) is 4.82. The van der Waals surface area contributed by atoms with Crippen molar-refractivity contribution in [1.29, 1.82) is 0 Å². The van der Waals surface area contributed by atoms with Crippen LogP contribution in [0.1, 0.15) is 64.5 Å². The Balaban J connectivity index is 1.40. The van der Waals surface area contributed by atoms with Gasteiger partial charge in [-0.15, -0.1) is 6.42 Å². The molecule has 0 amide bonds. The third-order valence-corrected chi connectivity index (χ3v) is 6.86. The molecule has 4 rings (SSSR count). The number of aliphatic hydroxyl groups is 1. The van der Waals surface area contributed by atoms with Gasteiger partial charge in [0.15, 0.2) is 22.6 Å². The summed E-state index contributed by atoms with van der Waals surface area (Å²) in [6.45, 7) is 1.92. The first-order chi connectivity index (χ1) is 15.9. The number of ether oxygens (including phenoxy) is 2. The molecule has 3 heterocycles. The number of rotatable bonds is 7. The van der Waals surface area contributed by atoms with Crippen LogP contribution in [-0.4, -0.2) is 48.9 Å². The van der Waals surface area contributed by atoms with Crippen molar-refractivity contribution in [3.8, 4) is 12.3 Å². The van der Waals surface area contributed by atoms with Crippen LogP contribution in [0.5, 0.6) is 0 Å². The van der Waals surface area contributed by atoms with E-state index < -0.39 is 24.0 Å². The minimum absolute atomic E-state index is 0.0846. The molecule has 1 aliphatic carbocycles. The molecule has 1 saturated carbocycles. The van der Waals surface area contributed by atoms with Crippen molar-refractivity contribution >= 4 is 23.0 Å². The number of imidazole rings is 1. The number of carbonyl (C=O) groups excluding carboxylic acids is 1. The zero-order valence-corrected chi connectivity index (χ0v) is 18.7. The van der Waals surface area contributed by atoms with Crippen LogP contribution in [0.25, 0.3) is 11.2 Å². The first-order valence-corrected chi connectivity index (χ1v) is 11.5. The Kier molecular flexibility index (Phi) is 6.81. The predicted octanol–water partition coefficient (Wildman–Crippen LogP) is 2.74. The molecule has 0 aromatic carbocycles. The topological polar surface area (TPSA) is 125 Å². The standard InChI is InChI=1S/C23H30FN5O4/c1-3-5-6-14-7-9-15(10-8-14)21(31)32-12-23(4-2)16(30)11-17(33-23)29-13-26-18-19(25)27-22(24)28-20(18)29/h2,13-17,30H,3,5-12H2,1H3,(H2,25,27,28)/t14-,15-,16-,17+,23+/m0/s1. The van der Waals surface area contributed by atoms with Gasteiger partial charge in [-0.2, -0.15) is 14.4 Å². The third kappa shape index (κ3) is 4.66. The zero-order valence-electron chi connectivity index (χ0n) is 18.7. The predicted molar refractivity (Wildman–Crippen MR) is 118 cm³/mol. The quantitative estimate of drug-likeness (QED) is 0.368. The number of nitrogens with zero attached hydrogens (tertiary/aromatic N) is 4. The Labute approximate surface area is 191 Å². The van der Waals surface area contributed by atoms with Crippen LogP contribution in [-0.2, 0) is 14.3 Å². The molecule has 1 aliphatic heterocycles. The number of esters is 1. The molecule has 33 heavy (non-hydrogen) atoms. The lowest BCUT2D eigenvalue weighted by atomic mass is 9.80. The Bertz CT molecular complexity index is 1050. The number of unbranched alkanes of at least 4 members (excludes halogenated alkanes) is 1. The fraction of sp³-hybridized carbons (Fsp3) is 0.652. The lowest BCUT2D eigenvalue weighted by molar-refractivity contribution is -0.162. The van der Waals surface area contributed by atoms with Crippen LogP contribution in [0.15, 0.2) is 6.33 Å². The minimum atomic E-state index is -1.52. The van der Waals surface area contributed by atoms with Crippen molar-refractivity contribution < 1.29 is 23.8 Å². The SMILES string of the molecule is C#C[C@]1(COC(=O)[C@H]2CC[C@H](CCCC)CC2)O[C@@H](n2cnc3c(N)nc(F)nc32)C[C@@H]1O. The van der Waals surface area contributed by atoms with Crippen LogP contribution in [0.3, 0.4) is 0 Å². The molecule has 2 aromatic rings. The lowest BCUT2D eigenvalue weighted by Gasteiger charge is -2.30. The summed E-state index contributed by atoms with van der Waals surface area (Å²) in [5.74, 6) is 2.57. The second kappa shape index (κ2) is 9.61. The van der Waals surface area contributed by atoms with E-state index in [0.717, 1.165) is 25.7 Å². The van der Waals surface area contributed by atoms with Gasteiger partial charge in [0.05, 0.1) is 12.2 Å². The largest absolute Gasteiger partial charge is 0.461 e. The van der Waals surface area contributed by atoms with Crippen molar-refractivity contribution in [1.82, 2.24) is 19.5 Å². The first-order valence-electron chi connectivity index (χ1n) is 11.5. The molecule has 0 spiro atoms. The van der Waals surface area contributed by atoms with Gasteiger partial charge in [0, 0.05) is 6.42 Å². The Morgan fingerprint density at radius 3 is 2.88 bits per heavy atom. The van der Waals surface area contributed by atoms with Gasteiger partial charge < -0.3 is 20.3 Å². The van der Waals surface area contributed by atoms with Crippen molar-refractivity contribution in [3.05, 3.63) is 12.4 Å². The van der Waals surface area contributed by atoms with E-state index in [2.05, 4.69) is 27.8 Å². The highest BCUT2D eigenvalue weighted by atomic mass is 19.1. The van der Waals surface area contributed by atoms with Crippen LogP contribution in [0.4, 0.5) is 10.2 Å². The van der Waals surface area contributed by atoms with E-state index in [1.165, 1.54) is 30.2 Å². The zero-order chi connectivity index (χ0) is 23.6. The van der Waals surface area contributed by atoms with Gasteiger partial charge >= 0.3 is 12.0 Å². The summed E-state index contributed by atoms with van der Waals surface area (Å²) in [5.41, 5.74) is 4.53. The Hall–Kier alpha value is -2.77. The summed E-state index contributed by atoms with van der Waals surface area (Å²) in [7, 11) is 0. The van der Waals surface area contributed by atoms with Crippen LogP contribution in [0.2, 0.25) is 0 Å². The Morgan fingerprint density at radius 1 is 1.42 bits per heavy atom. The van der Waals surface area contributed by atoms with E-state index in [0.29, 0.717) is 5.92 Å². The number of nitrogen functional groups attached to an aromatic ring is 1. The van der Waals surface area contributed by atoms with Gasteiger partial charge in [0.2, 0.25) is 0 Å². The number of aliphatic hydroxyl groups excluding tert-OH is 1. The van der Waals surface area contributed by atoms with Gasteiger partial charge in [-0.1, -0.05) is 32.1 Å². The minimum Gasteiger partial charge on any atom is -0.461 e. The van der Waals surface area contributed by atoms with Crippen molar-refractivity contribution in [2.45, 2.75) is 76.2 Å². The van der Waals surface area contributed by atoms with Gasteiger partial charge in [-0.3, -0.25) is 9.36 Å². The maximum Gasteiger partial charge on any atom is 0.312 e. The summed E-state index contributed by atoms with van der Waals surface area (Å²) in [4.78, 5) is 24.0. The summed E-state index contributed by atoms with van der Waals surface area (Å²) < 4.78 is 26.6. The molecule has 2 aromatic heterocycles. The molecule has 2 aliphatic rings. The van der Waals surface area contributed by atoms with E-state index >= 15 is 0 Å². The number of nitrogens with two attached hydrogens (primary N) is 1. The summed E-state index contributed by atoms with van der Waals surface area (Å²) >= 11 is 0. The monoisotopic (exact) mass is 459 g/mol. The van der Waals surface area contributed by atoms with E-state index in [9.17, 15) is 14.3 Å². The number of hydrogen-bond acceptors (Lipinski definition) is 8. The first kappa shape index (κ1) is 23.4. The summed E-state index contributed by atoms with van der Waals surface area (Å²) in [6, 6.07) is 0. The molecule has 2 fully saturated rings. The highest BCUT2D eigenvalue weighted by molar-refractivity contribution is 5.81. The number of terminal acetylenes is 1. The summed E-state index contributed by atoms with van der Waals surface area (Å²) in [6.07, 6.45) is 11.5. The van der Waals surface area contributed by atoms with Crippen LogP contribution >= 0.6 is 0 Å². The molecule has 3 N–H and O–H groups in total. The number of carbonyl (C=O) groups is 1. The number of halogens is 1. The van der Waals surface area contributed by atoms with Gasteiger partial charge in [-0.25, -0.2) is 4.98 Å². The number of fused-ring (bicyclic) bond motifs is 1. The average molecular weight is 460 g/mol. The van der Waals surface area contributed by atoms with Gasteiger partial charge in [-0.05, 0) is 31.6 Å². The van der Waals surface area contributed by atoms with E-state index in [4.69, 9.17) is 21.6 Å². The van der Waals surface area contributed by atoms with E-state index in [-0.39, 0.29) is 41.9 Å².